The maximum atomic E-state index is 13.5. The van der Waals surface area contributed by atoms with Crippen LogP contribution in [-0.2, 0) is 11.3 Å². The molecule has 1 aliphatic heterocycles. The highest BCUT2D eigenvalue weighted by molar-refractivity contribution is 6.42. The highest BCUT2D eigenvalue weighted by atomic mass is 35.5. The normalized spacial score (nSPS) is 16.5. The van der Waals surface area contributed by atoms with Crippen LogP contribution in [0.4, 0.5) is 5.82 Å². The number of nitrogens with one attached hydrogen (secondary N) is 2. The molecule has 0 fully saturated rings. The molecule has 2 aliphatic rings. The molecule has 162 valence electrons. The molecule has 0 spiro atoms. The Hall–Kier alpha value is -3.13. The average molecular weight is 470 g/mol. The lowest BCUT2D eigenvalue weighted by Crippen LogP contribution is -2.39. The van der Waals surface area contributed by atoms with Crippen molar-refractivity contribution in [1.29, 1.82) is 0 Å². The summed E-state index contributed by atoms with van der Waals surface area (Å²) in [7, 11) is 1.53. The lowest BCUT2D eigenvalue weighted by atomic mass is 9.81. The molecule has 0 unspecified atom stereocenters. The number of H-pyrrole nitrogens is 1. The number of ketones is 1. The van der Waals surface area contributed by atoms with Gasteiger partial charge in [-0.05, 0) is 11.6 Å². The fourth-order valence-corrected chi connectivity index (χ4v) is 4.83. The fourth-order valence-electron chi connectivity index (χ4n) is 4.42. The zero-order valence-electron chi connectivity index (χ0n) is 16.9. The molecule has 1 atom stereocenters. The molecule has 2 aromatic carbocycles. The summed E-state index contributed by atoms with van der Waals surface area (Å²) < 4.78 is 6.55. The van der Waals surface area contributed by atoms with E-state index >= 15 is 0 Å². The van der Waals surface area contributed by atoms with Gasteiger partial charge in [-0.1, -0.05) is 59.6 Å². The predicted molar refractivity (Wildman–Crippen MR) is 123 cm³/mol. The van der Waals surface area contributed by atoms with Crippen molar-refractivity contribution in [3.8, 4) is 0 Å². The van der Waals surface area contributed by atoms with Crippen molar-refractivity contribution in [2.75, 3.05) is 19.0 Å². The SMILES string of the molecule is COCCn1c2c(c(=O)[nH]c1=O)[C@@H](c1cccc(Cl)c1Cl)C1=C(N2)c2ccccc2C1=O. The predicted octanol–water partition coefficient (Wildman–Crippen LogP) is 3.65. The number of anilines is 1. The van der Waals surface area contributed by atoms with E-state index in [0.717, 1.165) is 0 Å². The molecule has 0 saturated carbocycles. The Balaban J connectivity index is 1.86. The third-order valence-corrected chi connectivity index (χ3v) is 6.66. The first kappa shape index (κ1) is 20.8. The first-order valence-corrected chi connectivity index (χ1v) is 10.6. The number of nitrogens with zero attached hydrogens (tertiary/aromatic N) is 1. The van der Waals surface area contributed by atoms with Crippen LogP contribution in [0.5, 0.6) is 0 Å². The minimum Gasteiger partial charge on any atom is -0.383 e. The Morgan fingerprint density at radius 3 is 2.53 bits per heavy atom. The number of hydrogen-bond acceptors (Lipinski definition) is 5. The average Bonchev–Trinajstić information content (AvgIpc) is 3.06. The molecule has 0 radical (unpaired) electrons. The van der Waals surface area contributed by atoms with Gasteiger partial charge in [-0.25, -0.2) is 4.79 Å². The summed E-state index contributed by atoms with van der Waals surface area (Å²) in [5.41, 5.74) is 1.73. The number of allylic oxidation sites excluding steroid dienone is 1. The number of methoxy groups -OCH3 is 1. The zero-order chi connectivity index (χ0) is 22.6. The Labute approximate surface area is 192 Å². The van der Waals surface area contributed by atoms with E-state index in [4.69, 9.17) is 27.9 Å². The van der Waals surface area contributed by atoms with Gasteiger partial charge in [0.05, 0.1) is 40.4 Å². The Kier molecular flexibility index (Phi) is 5.04. The highest BCUT2D eigenvalue weighted by Crippen LogP contribution is 2.49. The highest BCUT2D eigenvalue weighted by Gasteiger charge is 2.43. The van der Waals surface area contributed by atoms with Gasteiger partial charge in [-0.15, -0.1) is 0 Å². The molecule has 1 aliphatic carbocycles. The summed E-state index contributed by atoms with van der Waals surface area (Å²) in [6.45, 7) is 0.458. The van der Waals surface area contributed by atoms with E-state index in [0.29, 0.717) is 38.8 Å². The van der Waals surface area contributed by atoms with Gasteiger partial charge in [-0.3, -0.25) is 19.1 Å². The molecule has 9 heteroatoms. The van der Waals surface area contributed by atoms with Crippen molar-refractivity contribution in [1.82, 2.24) is 9.55 Å². The van der Waals surface area contributed by atoms with Crippen LogP contribution in [0.15, 0.2) is 57.6 Å². The maximum absolute atomic E-state index is 13.5. The van der Waals surface area contributed by atoms with Gasteiger partial charge in [0.15, 0.2) is 5.78 Å². The van der Waals surface area contributed by atoms with Gasteiger partial charge in [-0.2, -0.15) is 0 Å². The largest absolute Gasteiger partial charge is 0.383 e. The third-order valence-electron chi connectivity index (χ3n) is 5.82. The van der Waals surface area contributed by atoms with Crippen LogP contribution in [0.1, 0.15) is 33.0 Å². The monoisotopic (exact) mass is 469 g/mol. The Morgan fingerprint density at radius 1 is 1.03 bits per heavy atom. The summed E-state index contributed by atoms with van der Waals surface area (Å²) in [5.74, 6) is -0.713. The number of rotatable bonds is 4. The summed E-state index contributed by atoms with van der Waals surface area (Å²) in [6.07, 6.45) is 0. The van der Waals surface area contributed by atoms with Crippen molar-refractivity contribution >= 4 is 40.5 Å². The molecule has 0 amide bonds. The van der Waals surface area contributed by atoms with Crippen molar-refractivity contribution < 1.29 is 9.53 Å². The Bertz CT molecular complexity index is 1440. The molecular formula is C23H17Cl2N3O4. The van der Waals surface area contributed by atoms with Gasteiger partial charge in [0.25, 0.3) is 5.56 Å². The van der Waals surface area contributed by atoms with E-state index in [2.05, 4.69) is 10.3 Å². The fraction of sp³-hybridized carbons (Fsp3) is 0.174. The molecule has 5 rings (SSSR count). The molecule has 7 nitrogen and oxygen atoms in total. The van der Waals surface area contributed by atoms with Crippen LogP contribution >= 0.6 is 23.2 Å². The summed E-state index contributed by atoms with van der Waals surface area (Å²) in [5, 5.41) is 3.76. The summed E-state index contributed by atoms with van der Waals surface area (Å²) in [6, 6.07) is 12.3. The number of halogens is 2. The van der Waals surface area contributed by atoms with Gasteiger partial charge in [0.2, 0.25) is 0 Å². The zero-order valence-corrected chi connectivity index (χ0v) is 18.4. The lowest BCUT2D eigenvalue weighted by Gasteiger charge is -2.30. The molecular weight excluding hydrogens is 453 g/mol. The van der Waals surface area contributed by atoms with Crippen LogP contribution in [0.3, 0.4) is 0 Å². The van der Waals surface area contributed by atoms with Gasteiger partial charge in [0, 0.05) is 23.8 Å². The second-order valence-electron chi connectivity index (χ2n) is 7.53. The molecule has 3 aromatic rings. The number of carbonyl (C=O) groups is 1. The molecule has 2 heterocycles. The van der Waals surface area contributed by atoms with Crippen LogP contribution in [-0.4, -0.2) is 29.1 Å². The number of aromatic amines is 1. The second-order valence-corrected chi connectivity index (χ2v) is 8.32. The standard InChI is InChI=1S/C23H17Cl2N3O4/c1-32-10-9-28-21-17(22(30)27-23(28)31)15(13-7-4-8-14(24)18(13)25)16-19(26-21)11-5-2-3-6-12(11)20(16)29/h2-8,15,26H,9-10H2,1H3,(H,27,30,31)/t15-/m0/s1. The van der Waals surface area contributed by atoms with E-state index in [1.807, 2.05) is 12.1 Å². The van der Waals surface area contributed by atoms with E-state index < -0.39 is 17.2 Å². The number of aromatic nitrogens is 2. The third kappa shape index (κ3) is 2.97. The topological polar surface area (TPSA) is 93.2 Å². The van der Waals surface area contributed by atoms with Crippen molar-refractivity contribution in [3.05, 3.63) is 101 Å². The molecule has 1 aromatic heterocycles. The molecule has 0 saturated heterocycles. The van der Waals surface area contributed by atoms with Crippen molar-refractivity contribution in [2.24, 2.45) is 0 Å². The van der Waals surface area contributed by atoms with Crippen molar-refractivity contribution in [2.45, 2.75) is 12.5 Å². The maximum Gasteiger partial charge on any atom is 0.330 e. The number of benzene rings is 2. The minimum absolute atomic E-state index is 0.204. The smallest absolute Gasteiger partial charge is 0.330 e. The number of Topliss-reactive ketones (excluding diaryl/α,β-unsaturated/α-hetero) is 1. The molecule has 2 N–H and O–H groups in total. The van der Waals surface area contributed by atoms with Gasteiger partial charge >= 0.3 is 5.69 Å². The van der Waals surface area contributed by atoms with Crippen molar-refractivity contribution in [3.63, 3.8) is 0 Å². The number of fused-ring (bicyclic) bond motifs is 3. The van der Waals surface area contributed by atoms with E-state index in [1.165, 1.54) is 11.7 Å². The number of ether oxygens (including phenoxy) is 1. The first-order chi connectivity index (χ1) is 15.4. The van der Waals surface area contributed by atoms with Gasteiger partial charge in [0.1, 0.15) is 5.82 Å². The van der Waals surface area contributed by atoms with E-state index in [9.17, 15) is 14.4 Å². The van der Waals surface area contributed by atoms with Crippen LogP contribution in [0, 0.1) is 0 Å². The lowest BCUT2D eigenvalue weighted by molar-refractivity contribution is 0.103. The molecule has 0 bridgehead atoms. The minimum atomic E-state index is -0.814. The van der Waals surface area contributed by atoms with Gasteiger partial charge < -0.3 is 10.1 Å². The number of carbonyl (C=O) groups excluding carboxylic acids is 1. The van der Waals surface area contributed by atoms with Crippen LogP contribution in [0.2, 0.25) is 10.0 Å². The number of hydrogen-bond donors (Lipinski definition) is 2. The Morgan fingerprint density at radius 2 is 1.78 bits per heavy atom. The van der Waals surface area contributed by atoms with E-state index in [-0.39, 0.29) is 29.5 Å². The second kappa shape index (κ2) is 7.78. The van der Waals surface area contributed by atoms with Crippen LogP contribution in [0.25, 0.3) is 5.70 Å². The van der Waals surface area contributed by atoms with Crippen LogP contribution < -0.4 is 16.6 Å². The summed E-state index contributed by atoms with van der Waals surface area (Å²) >= 11 is 12.8. The van der Waals surface area contributed by atoms with E-state index in [1.54, 1.807) is 30.3 Å². The molecule has 32 heavy (non-hydrogen) atoms. The quantitative estimate of drug-likeness (QED) is 0.608. The first-order valence-electron chi connectivity index (χ1n) is 9.89. The summed E-state index contributed by atoms with van der Waals surface area (Å²) in [4.78, 5) is 41.6.